The van der Waals surface area contributed by atoms with Crippen molar-refractivity contribution in [3.63, 3.8) is 0 Å². The molecule has 1 aromatic rings. The average molecular weight is 565 g/mol. The first-order valence-electron chi connectivity index (χ1n) is 13.3. The van der Waals surface area contributed by atoms with Gasteiger partial charge in [0.05, 0.1) is 11.1 Å². The zero-order chi connectivity index (χ0) is 29.5. The number of benzene rings is 1. The SMILES string of the molecule is CCC(C)[C@@H]1C(O)=C(C(N)=O)C(=O)[C@@]2(O)C(O)=C3C(=O)c4c(O)cc(C5CCCN5)c(C(F)(F)F)c4C[C@H]3C[C@@H]12. The number of nitrogens with one attached hydrogen (secondary N) is 1. The number of halogens is 3. The van der Waals surface area contributed by atoms with Gasteiger partial charge in [-0.05, 0) is 61.3 Å². The van der Waals surface area contributed by atoms with Crippen LogP contribution in [0.5, 0.6) is 5.75 Å². The maximum absolute atomic E-state index is 14.6. The minimum atomic E-state index is -4.87. The third-order valence-electron chi connectivity index (χ3n) is 9.26. The van der Waals surface area contributed by atoms with E-state index in [0.29, 0.717) is 25.8 Å². The second-order valence-corrected chi connectivity index (χ2v) is 11.3. The highest BCUT2D eigenvalue weighted by Crippen LogP contribution is 2.56. The summed E-state index contributed by atoms with van der Waals surface area (Å²) >= 11 is 0. The van der Waals surface area contributed by atoms with Crippen molar-refractivity contribution in [3.05, 3.63) is 51.0 Å². The molecule has 1 heterocycles. The minimum absolute atomic E-state index is 0.171. The van der Waals surface area contributed by atoms with Gasteiger partial charge in [-0.2, -0.15) is 13.2 Å². The molecule has 0 aromatic heterocycles. The van der Waals surface area contributed by atoms with E-state index in [1.54, 1.807) is 13.8 Å². The van der Waals surface area contributed by atoms with E-state index in [0.717, 1.165) is 6.07 Å². The van der Waals surface area contributed by atoms with E-state index in [-0.39, 0.29) is 12.0 Å². The highest BCUT2D eigenvalue weighted by atomic mass is 19.4. The van der Waals surface area contributed by atoms with Gasteiger partial charge in [-0.15, -0.1) is 0 Å². The van der Waals surface area contributed by atoms with E-state index in [9.17, 15) is 48.0 Å². The highest BCUT2D eigenvalue weighted by molar-refractivity contribution is 6.24. The predicted molar refractivity (Wildman–Crippen MR) is 134 cm³/mol. The van der Waals surface area contributed by atoms with Crippen molar-refractivity contribution in [1.82, 2.24) is 5.32 Å². The molecule has 0 saturated carbocycles. The molecule has 1 aromatic carbocycles. The molecule has 5 rings (SSSR count). The minimum Gasteiger partial charge on any atom is -0.511 e. The van der Waals surface area contributed by atoms with Gasteiger partial charge < -0.3 is 31.5 Å². The first-order valence-corrected chi connectivity index (χ1v) is 13.3. The van der Waals surface area contributed by atoms with Crippen LogP contribution < -0.4 is 11.1 Å². The van der Waals surface area contributed by atoms with Gasteiger partial charge in [-0.1, -0.05) is 20.3 Å². The van der Waals surface area contributed by atoms with Crippen LogP contribution in [0.15, 0.2) is 28.7 Å². The number of hydrogen-bond acceptors (Lipinski definition) is 8. The summed E-state index contributed by atoms with van der Waals surface area (Å²) in [5.41, 5.74) is -1.12. The number of aliphatic hydroxyl groups is 3. The molecule has 216 valence electrons. The van der Waals surface area contributed by atoms with Crippen LogP contribution in [-0.2, 0) is 22.2 Å². The van der Waals surface area contributed by atoms with Crippen LogP contribution in [0.2, 0.25) is 0 Å². The topological polar surface area (TPSA) is 170 Å². The standard InChI is InChI=1S/C28H31F3N2O7/c1-3-10(2)17-14-8-11-7-13-19(16(34)9-12(15-5-4-6-33-15)21(13)28(29,30)31)23(36)18(11)24(37)27(14,40)25(38)20(22(17)35)26(32)39/h9-11,14-15,17,33-35,37,40H,3-8H2,1-2H3,(H2,32,39)/t10?,11-,14-,15?,17-,27-/m0/s1. The molecule has 0 bridgehead atoms. The molecule has 2 unspecified atom stereocenters. The first kappa shape index (κ1) is 28.2. The van der Waals surface area contributed by atoms with Gasteiger partial charge >= 0.3 is 6.18 Å². The van der Waals surface area contributed by atoms with Gasteiger partial charge in [0.1, 0.15) is 22.8 Å². The van der Waals surface area contributed by atoms with Crippen molar-refractivity contribution in [2.75, 3.05) is 6.54 Å². The maximum atomic E-state index is 14.6. The number of primary amides is 1. The van der Waals surface area contributed by atoms with Gasteiger partial charge in [-0.25, -0.2) is 0 Å². The van der Waals surface area contributed by atoms with Crippen LogP contribution in [0, 0.1) is 23.7 Å². The van der Waals surface area contributed by atoms with E-state index in [2.05, 4.69) is 5.32 Å². The second-order valence-electron chi connectivity index (χ2n) is 11.3. The van der Waals surface area contributed by atoms with Gasteiger partial charge in [0.25, 0.3) is 5.91 Å². The summed E-state index contributed by atoms with van der Waals surface area (Å²) < 4.78 is 43.7. The molecule has 1 amide bonds. The zero-order valence-corrected chi connectivity index (χ0v) is 21.9. The molecule has 7 N–H and O–H groups in total. The normalized spacial score (nSPS) is 31.1. The van der Waals surface area contributed by atoms with E-state index < -0.39 is 110 Å². The lowest BCUT2D eigenvalue weighted by Gasteiger charge is -2.50. The molecule has 0 radical (unpaired) electrons. The lowest BCUT2D eigenvalue weighted by atomic mass is 9.55. The molecule has 40 heavy (non-hydrogen) atoms. The number of phenolic OH excluding ortho intramolecular Hbond substituents is 1. The third-order valence-corrected chi connectivity index (χ3v) is 9.26. The number of carbonyl (C=O) groups is 3. The fraction of sp³-hybridized carbons (Fsp3) is 0.536. The summed E-state index contributed by atoms with van der Waals surface area (Å²) in [6.45, 7) is 3.95. The molecule has 9 nitrogen and oxygen atoms in total. The Morgan fingerprint density at radius 1 is 1.25 bits per heavy atom. The van der Waals surface area contributed by atoms with Crippen LogP contribution in [-0.4, -0.2) is 50.0 Å². The number of amides is 1. The van der Waals surface area contributed by atoms with Crippen molar-refractivity contribution in [2.45, 2.75) is 63.8 Å². The number of rotatable bonds is 4. The third kappa shape index (κ3) is 3.79. The first-order chi connectivity index (χ1) is 18.7. The number of carbonyl (C=O) groups excluding carboxylic acids is 3. The number of aromatic hydroxyl groups is 1. The Balaban J connectivity index is 1.74. The van der Waals surface area contributed by atoms with E-state index in [4.69, 9.17) is 5.73 Å². The molecule has 0 spiro atoms. The fourth-order valence-electron chi connectivity index (χ4n) is 7.30. The fourth-order valence-corrected chi connectivity index (χ4v) is 7.30. The van der Waals surface area contributed by atoms with Gasteiger partial charge in [0.2, 0.25) is 5.78 Å². The number of Topliss-reactive ketones (excluding diaryl/α,β-unsaturated/α-hetero) is 2. The number of aliphatic hydroxyl groups excluding tert-OH is 2. The zero-order valence-electron chi connectivity index (χ0n) is 21.9. The summed E-state index contributed by atoms with van der Waals surface area (Å²) in [6, 6.07) is 0.238. The summed E-state index contributed by atoms with van der Waals surface area (Å²) in [6.07, 6.45) is -4.07. The van der Waals surface area contributed by atoms with Crippen LogP contribution in [0.1, 0.15) is 72.6 Å². The van der Waals surface area contributed by atoms with Crippen molar-refractivity contribution in [2.24, 2.45) is 29.4 Å². The number of alkyl halides is 3. The lowest BCUT2D eigenvalue weighted by Crippen LogP contribution is -2.60. The molecular formula is C28H31F3N2O7. The van der Waals surface area contributed by atoms with Gasteiger partial charge in [0, 0.05) is 23.5 Å². The Morgan fingerprint density at radius 3 is 2.48 bits per heavy atom. The number of phenols is 1. The van der Waals surface area contributed by atoms with Crippen LogP contribution in [0.25, 0.3) is 0 Å². The van der Waals surface area contributed by atoms with E-state index in [1.165, 1.54) is 0 Å². The monoisotopic (exact) mass is 564 g/mol. The lowest BCUT2D eigenvalue weighted by molar-refractivity contribution is -0.149. The van der Waals surface area contributed by atoms with Gasteiger partial charge in [-0.3, -0.25) is 14.4 Å². The van der Waals surface area contributed by atoms with Crippen molar-refractivity contribution in [3.8, 4) is 5.75 Å². The Kier molecular flexibility index (Phi) is 6.57. The predicted octanol–water partition coefficient (Wildman–Crippen LogP) is 3.30. The quantitative estimate of drug-likeness (QED) is 0.303. The summed E-state index contributed by atoms with van der Waals surface area (Å²) in [5.74, 6) is -10.1. The average Bonchev–Trinajstić information content (AvgIpc) is 3.39. The Labute approximate surface area is 227 Å². The van der Waals surface area contributed by atoms with Crippen LogP contribution >= 0.6 is 0 Å². The maximum Gasteiger partial charge on any atom is 0.417 e. The Hall–Kier alpha value is -3.38. The molecule has 1 saturated heterocycles. The largest absolute Gasteiger partial charge is 0.511 e. The molecule has 6 atom stereocenters. The van der Waals surface area contributed by atoms with Gasteiger partial charge in [0.15, 0.2) is 11.4 Å². The number of nitrogens with two attached hydrogens (primary N) is 1. The summed E-state index contributed by atoms with van der Waals surface area (Å²) in [7, 11) is 0. The number of ketones is 2. The Bertz CT molecular complexity index is 1390. The van der Waals surface area contributed by atoms with Crippen molar-refractivity contribution < 1.29 is 48.0 Å². The van der Waals surface area contributed by atoms with E-state index >= 15 is 0 Å². The van der Waals surface area contributed by atoms with Crippen LogP contribution in [0.3, 0.4) is 0 Å². The second kappa shape index (κ2) is 9.34. The number of hydrogen-bond donors (Lipinski definition) is 6. The molecule has 12 heteroatoms. The van der Waals surface area contributed by atoms with Crippen molar-refractivity contribution in [1.29, 1.82) is 0 Å². The summed E-state index contributed by atoms with van der Waals surface area (Å²) in [4.78, 5) is 39.3. The van der Waals surface area contributed by atoms with Crippen molar-refractivity contribution >= 4 is 17.5 Å². The molecular weight excluding hydrogens is 533 g/mol. The highest BCUT2D eigenvalue weighted by Gasteiger charge is 2.63. The molecule has 4 aliphatic rings. The van der Waals surface area contributed by atoms with E-state index in [1.807, 2.05) is 0 Å². The van der Waals surface area contributed by atoms with Crippen LogP contribution in [0.4, 0.5) is 13.2 Å². The molecule has 1 aliphatic heterocycles. The molecule has 3 aliphatic carbocycles. The molecule has 1 fully saturated rings. The number of fused-ring (bicyclic) bond motifs is 3. The Morgan fingerprint density at radius 2 is 1.93 bits per heavy atom. The number of allylic oxidation sites excluding steroid dienone is 2. The smallest absolute Gasteiger partial charge is 0.417 e. The summed E-state index contributed by atoms with van der Waals surface area (Å²) in [5, 5.41) is 47.8.